The van der Waals surface area contributed by atoms with Crippen molar-refractivity contribution in [1.82, 2.24) is 5.32 Å². The first-order chi connectivity index (χ1) is 13.2. The number of carbonyl (C=O) groups is 2. The van der Waals surface area contributed by atoms with Gasteiger partial charge in [0.25, 0.3) is 5.91 Å². The topological polar surface area (TPSA) is 77.8 Å². The van der Waals surface area contributed by atoms with Crippen molar-refractivity contribution in [3.8, 4) is 11.5 Å². The lowest BCUT2D eigenvalue weighted by atomic mass is 10.0. The molecule has 0 saturated heterocycles. The molecule has 2 aromatic carbocycles. The van der Waals surface area contributed by atoms with E-state index in [1.807, 2.05) is 6.07 Å². The summed E-state index contributed by atoms with van der Waals surface area (Å²) in [5.74, 6) is 0.947. The Balaban J connectivity index is 1.71. The van der Waals surface area contributed by atoms with Gasteiger partial charge in [-0.1, -0.05) is 30.3 Å². The molecule has 0 bridgehead atoms. The number of ketones is 1. The summed E-state index contributed by atoms with van der Waals surface area (Å²) in [7, 11) is 1.52. The minimum atomic E-state index is -0.327. The lowest BCUT2D eigenvalue weighted by Gasteiger charge is -2.12. The van der Waals surface area contributed by atoms with E-state index in [0.717, 1.165) is 0 Å². The van der Waals surface area contributed by atoms with Crippen LogP contribution in [0.3, 0.4) is 0 Å². The van der Waals surface area contributed by atoms with Gasteiger partial charge in [0.2, 0.25) is 0 Å². The second-order valence-electron chi connectivity index (χ2n) is 5.70. The van der Waals surface area contributed by atoms with Crippen LogP contribution in [-0.2, 0) is 11.3 Å². The van der Waals surface area contributed by atoms with Crippen LogP contribution >= 0.6 is 0 Å². The van der Waals surface area contributed by atoms with Crippen LogP contribution in [0.2, 0.25) is 0 Å². The van der Waals surface area contributed by atoms with Gasteiger partial charge < -0.3 is 19.2 Å². The molecule has 27 heavy (non-hydrogen) atoms. The number of benzene rings is 2. The average molecular weight is 365 g/mol. The highest BCUT2D eigenvalue weighted by atomic mass is 16.5. The molecule has 0 atom stereocenters. The molecule has 138 valence electrons. The Morgan fingerprint density at radius 1 is 1.04 bits per heavy atom. The summed E-state index contributed by atoms with van der Waals surface area (Å²) in [6.45, 7) is 0.0338. The normalized spacial score (nSPS) is 10.3. The van der Waals surface area contributed by atoms with Gasteiger partial charge in [-0.2, -0.15) is 0 Å². The summed E-state index contributed by atoms with van der Waals surface area (Å²) in [4.78, 5) is 24.8. The van der Waals surface area contributed by atoms with Gasteiger partial charge in [-0.05, 0) is 24.3 Å². The van der Waals surface area contributed by atoms with Crippen molar-refractivity contribution >= 4 is 11.7 Å². The maximum atomic E-state index is 12.8. The number of ether oxygens (including phenoxy) is 2. The fourth-order valence-corrected chi connectivity index (χ4v) is 2.47. The summed E-state index contributed by atoms with van der Waals surface area (Å²) in [6.07, 6.45) is 1.54. The summed E-state index contributed by atoms with van der Waals surface area (Å²) >= 11 is 0. The zero-order chi connectivity index (χ0) is 19.1. The molecule has 1 heterocycles. The van der Waals surface area contributed by atoms with Crippen LogP contribution in [0.4, 0.5) is 0 Å². The number of carbonyl (C=O) groups excluding carboxylic acids is 2. The third kappa shape index (κ3) is 4.76. The first kappa shape index (κ1) is 18.3. The molecule has 1 N–H and O–H groups in total. The van der Waals surface area contributed by atoms with Crippen LogP contribution in [0.1, 0.15) is 21.7 Å². The lowest BCUT2D eigenvalue weighted by Crippen LogP contribution is -2.28. The molecule has 3 aromatic rings. The van der Waals surface area contributed by atoms with E-state index in [1.165, 1.54) is 13.4 Å². The monoisotopic (exact) mass is 365 g/mol. The predicted molar refractivity (Wildman–Crippen MR) is 98.9 cm³/mol. The third-order valence-corrected chi connectivity index (χ3v) is 3.87. The Hall–Kier alpha value is -3.54. The largest absolute Gasteiger partial charge is 0.497 e. The van der Waals surface area contributed by atoms with Crippen molar-refractivity contribution in [3.05, 3.63) is 83.8 Å². The Bertz CT molecular complexity index is 904. The second-order valence-corrected chi connectivity index (χ2v) is 5.70. The van der Waals surface area contributed by atoms with E-state index in [0.29, 0.717) is 22.6 Å². The number of furan rings is 1. The van der Waals surface area contributed by atoms with Crippen LogP contribution in [0, 0.1) is 0 Å². The predicted octanol–water partition coefficient (Wildman–Crippen LogP) is 3.21. The molecule has 0 spiro atoms. The number of methoxy groups -OCH3 is 1. The maximum absolute atomic E-state index is 12.8. The molecule has 0 fully saturated rings. The van der Waals surface area contributed by atoms with E-state index in [4.69, 9.17) is 13.9 Å². The number of rotatable bonds is 8. The summed E-state index contributed by atoms with van der Waals surface area (Å²) < 4.78 is 16.0. The van der Waals surface area contributed by atoms with Crippen molar-refractivity contribution in [3.63, 3.8) is 0 Å². The first-order valence-electron chi connectivity index (χ1n) is 8.37. The molecule has 0 saturated carbocycles. The molecule has 6 nitrogen and oxygen atoms in total. The van der Waals surface area contributed by atoms with Crippen molar-refractivity contribution in [2.45, 2.75) is 6.54 Å². The van der Waals surface area contributed by atoms with Crippen LogP contribution in [0.5, 0.6) is 11.5 Å². The lowest BCUT2D eigenvalue weighted by molar-refractivity contribution is -0.123. The SMILES string of the molecule is COc1ccc(C(=O)c2ccccc2)c(OCC(=O)NCc2ccco2)c1. The quantitative estimate of drug-likeness (QED) is 0.620. The standard InChI is InChI=1S/C21H19NO5/c1-25-16-9-10-18(21(24)15-6-3-2-4-7-15)19(12-16)27-14-20(23)22-13-17-8-5-11-26-17/h2-12H,13-14H2,1H3,(H,22,23). The van der Waals surface area contributed by atoms with Crippen LogP contribution in [0.25, 0.3) is 0 Å². The molecular formula is C21H19NO5. The average Bonchev–Trinajstić information content (AvgIpc) is 3.24. The third-order valence-electron chi connectivity index (χ3n) is 3.87. The zero-order valence-electron chi connectivity index (χ0n) is 14.8. The van der Waals surface area contributed by atoms with Gasteiger partial charge in [0.1, 0.15) is 17.3 Å². The fourth-order valence-electron chi connectivity index (χ4n) is 2.47. The van der Waals surface area contributed by atoms with Crippen LogP contribution < -0.4 is 14.8 Å². The Morgan fingerprint density at radius 3 is 2.56 bits per heavy atom. The first-order valence-corrected chi connectivity index (χ1v) is 8.37. The molecule has 0 radical (unpaired) electrons. The minimum Gasteiger partial charge on any atom is -0.497 e. The molecule has 0 unspecified atom stereocenters. The van der Waals surface area contributed by atoms with E-state index in [1.54, 1.807) is 54.6 Å². The maximum Gasteiger partial charge on any atom is 0.258 e. The Morgan fingerprint density at radius 2 is 1.85 bits per heavy atom. The molecule has 0 aliphatic heterocycles. The Kier molecular flexibility index (Phi) is 5.89. The summed E-state index contributed by atoms with van der Waals surface area (Å²) in [5.41, 5.74) is 0.899. The Labute approximate surface area is 156 Å². The fraction of sp³-hybridized carbons (Fsp3) is 0.143. The van der Waals surface area contributed by atoms with Crippen molar-refractivity contribution < 1.29 is 23.5 Å². The van der Waals surface area contributed by atoms with Crippen LogP contribution in [0.15, 0.2) is 71.3 Å². The smallest absolute Gasteiger partial charge is 0.258 e. The van der Waals surface area contributed by atoms with Gasteiger partial charge in [0.05, 0.1) is 25.5 Å². The highest BCUT2D eigenvalue weighted by Crippen LogP contribution is 2.27. The van der Waals surface area contributed by atoms with E-state index in [9.17, 15) is 9.59 Å². The van der Waals surface area contributed by atoms with E-state index < -0.39 is 0 Å². The zero-order valence-corrected chi connectivity index (χ0v) is 14.8. The van der Waals surface area contributed by atoms with Gasteiger partial charge in [0.15, 0.2) is 12.4 Å². The van der Waals surface area contributed by atoms with Crippen LogP contribution in [-0.4, -0.2) is 25.4 Å². The van der Waals surface area contributed by atoms with Gasteiger partial charge in [0, 0.05) is 11.6 Å². The minimum absolute atomic E-state index is 0.191. The summed E-state index contributed by atoms with van der Waals surface area (Å²) in [5, 5.41) is 2.69. The molecular weight excluding hydrogens is 346 g/mol. The van der Waals surface area contributed by atoms with E-state index >= 15 is 0 Å². The van der Waals surface area contributed by atoms with Gasteiger partial charge in [-0.25, -0.2) is 0 Å². The van der Waals surface area contributed by atoms with Crippen molar-refractivity contribution in [2.75, 3.05) is 13.7 Å². The van der Waals surface area contributed by atoms with Crippen molar-refractivity contribution in [2.24, 2.45) is 0 Å². The van der Waals surface area contributed by atoms with Gasteiger partial charge >= 0.3 is 0 Å². The molecule has 1 aromatic heterocycles. The number of amides is 1. The molecule has 1 amide bonds. The number of nitrogens with one attached hydrogen (secondary N) is 1. The molecule has 0 aliphatic carbocycles. The highest BCUT2D eigenvalue weighted by Gasteiger charge is 2.16. The summed E-state index contributed by atoms with van der Waals surface area (Å²) in [6, 6.07) is 17.3. The van der Waals surface area contributed by atoms with Gasteiger partial charge in [-0.15, -0.1) is 0 Å². The number of hydrogen-bond donors (Lipinski definition) is 1. The van der Waals surface area contributed by atoms with E-state index in [2.05, 4.69) is 5.32 Å². The highest BCUT2D eigenvalue weighted by molar-refractivity contribution is 6.10. The molecule has 6 heteroatoms. The molecule has 0 aliphatic rings. The van der Waals surface area contributed by atoms with E-state index in [-0.39, 0.29) is 30.6 Å². The number of hydrogen-bond acceptors (Lipinski definition) is 5. The van der Waals surface area contributed by atoms with Gasteiger partial charge in [-0.3, -0.25) is 9.59 Å². The second kappa shape index (κ2) is 8.71. The molecule has 3 rings (SSSR count). The van der Waals surface area contributed by atoms with Crippen molar-refractivity contribution in [1.29, 1.82) is 0 Å².